The molecular formula is C13H23BO2. The van der Waals surface area contributed by atoms with E-state index in [1.807, 2.05) is 0 Å². The summed E-state index contributed by atoms with van der Waals surface area (Å²) in [6, 6.07) is 0. The third-order valence-corrected chi connectivity index (χ3v) is 5.68. The van der Waals surface area contributed by atoms with E-state index in [1.54, 1.807) is 0 Å². The summed E-state index contributed by atoms with van der Waals surface area (Å²) in [5.74, 6) is 0. The highest BCUT2D eigenvalue weighted by atomic mass is 16.7. The van der Waals surface area contributed by atoms with Crippen LogP contribution in [0.3, 0.4) is 0 Å². The lowest BCUT2D eigenvalue weighted by molar-refractivity contribution is -0.112. The molecule has 1 aliphatic heterocycles. The van der Waals surface area contributed by atoms with Crippen LogP contribution in [0.1, 0.15) is 60.3 Å². The minimum absolute atomic E-state index is 0.0472. The van der Waals surface area contributed by atoms with Crippen LogP contribution < -0.4 is 0 Å². The van der Waals surface area contributed by atoms with E-state index in [0.717, 1.165) is 0 Å². The number of rotatable bonds is 2. The zero-order valence-electron chi connectivity index (χ0n) is 11.2. The van der Waals surface area contributed by atoms with E-state index in [9.17, 15) is 0 Å². The van der Waals surface area contributed by atoms with Gasteiger partial charge in [-0.3, -0.25) is 0 Å². The largest absolute Gasteiger partial charge is 0.464 e. The average Bonchev–Trinajstić information content (AvgIpc) is 2.16. The minimum atomic E-state index is -0.160. The van der Waals surface area contributed by atoms with Gasteiger partial charge in [0.2, 0.25) is 0 Å². The van der Waals surface area contributed by atoms with Crippen LogP contribution in [0, 0.1) is 5.41 Å². The lowest BCUT2D eigenvalue weighted by atomic mass is 9.24. The zero-order chi connectivity index (χ0) is 11.8. The molecule has 0 amide bonds. The van der Waals surface area contributed by atoms with Gasteiger partial charge in [-0.2, -0.15) is 0 Å². The van der Waals surface area contributed by atoms with E-state index in [-0.39, 0.29) is 18.3 Å². The molecule has 0 aromatic heterocycles. The first-order chi connectivity index (χ1) is 7.24. The molecule has 2 nitrogen and oxygen atoms in total. The smallest absolute Gasteiger partial charge is 0.403 e. The molecule has 0 N–H and O–H groups in total. The summed E-state index contributed by atoms with van der Waals surface area (Å²) < 4.78 is 12.4. The number of hydrogen-bond donors (Lipinski definition) is 0. The Hall–Kier alpha value is -0.0151. The molecule has 0 radical (unpaired) electrons. The molecule has 3 saturated carbocycles. The van der Waals surface area contributed by atoms with E-state index in [1.165, 1.54) is 25.7 Å². The van der Waals surface area contributed by atoms with Crippen molar-refractivity contribution in [3.8, 4) is 0 Å². The zero-order valence-corrected chi connectivity index (χ0v) is 11.2. The normalized spacial score (nSPS) is 47.4. The third kappa shape index (κ3) is 1.12. The molecule has 90 valence electrons. The summed E-state index contributed by atoms with van der Waals surface area (Å²) in [5, 5.41) is 0.376. The molecule has 3 heteroatoms. The molecule has 4 aliphatic rings. The van der Waals surface area contributed by atoms with Gasteiger partial charge in [-0.05, 0) is 52.4 Å². The van der Waals surface area contributed by atoms with Crippen molar-refractivity contribution in [1.82, 2.24) is 0 Å². The molecule has 0 spiro atoms. The van der Waals surface area contributed by atoms with Crippen molar-refractivity contribution in [2.75, 3.05) is 0 Å². The predicted molar refractivity (Wildman–Crippen MR) is 65.4 cm³/mol. The lowest BCUT2D eigenvalue weighted by Gasteiger charge is -2.71. The van der Waals surface area contributed by atoms with Crippen LogP contribution in [0.5, 0.6) is 0 Å². The van der Waals surface area contributed by atoms with E-state index in [0.29, 0.717) is 10.7 Å². The van der Waals surface area contributed by atoms with Crippen LogP contribution in [0.15, 0.2) is 0 Å². The van der Waals surface area contributed by atoms with Crippen molar-refractivity contribution in [3.05, 3.63) is 0 Å². The third-order valence-electron chi connectivity index (χ3n) is 5.68. The molecule has 3 aliphatic carbocycles. The summed E-state index contributed by atoms with van der Waals surface area (Å²) in [6.07, 6.45) is 5.31. The maximum Gasteiger partial charge on any atom is 0.464 e. The van der Waals surface area contributed by atoms with E-state index in [4.69, 9.17) is 9.31 Å². The van der Waals surface area contributed by atoms with Gasteiger partial charge in [0.05, 0.1) is 11.2 Å². The van der Waals surface area contributed by atoms with Crippen molar-refractivity contribution in [3.63, 3.8) is 0 Å². The first kappa shape index (κ1) is 11.1. The Kier molecular flexibility index (Phi) is 1.87. The minimum Gasteiger partial charge on any atom is -0.403 e. The summed E-state index contributed by atoms with van der Waals surface area (Å²) in [7, 11) is 0.0472. The van der Waals surface area contributed by atoms with Gasteiger partial charge in [0.25, 0.3) is 0 Å². The number of hydrogen-bond acceptors (Lipinski definition) is 2. The van der Waals surface area contributed by atoms with Gasteiger partial charge in [0.15, 0.2) is 0 Å². The maximum atomic E-state index is 6.18. The van der Waals surface area contributed by atoms with Gasteiger partial charge in [-0.1, -0.05) is 13.3 Å². The molecule has 0 aromatic carbocycles. The quantitative estimate of drug-likeness (QED) is 0.666. The molecule has 0 atom stereocenters. The maximum absolute atomic E-state index is 6.18. The van der Waals surface area contributed by atoms with Crippen LogP contribution in [0.2, 0.25) is 5.31 Å². The Labute approximate surface area is 99.2 Å². The van der Waals surface area contributed by atoms with Gasteiger partial charge in [0.1, 0.15) is 0 Å². The standard InChI is InChI=1S/C13H23BO2/c1-6-12-7-13(8-12,9-12)14-15-10(2,3)11(4,5)16-14/h6-9H2,1-5H3. The first-order valence-electron chi connectivity index (χ1n) is 6.60. The van der Waals surface area contributed by atoms with Gasteiger partial charge >= 0.3 is 7.12 Å². The Morgan fingerprint density at radius 1 is 0.938 bits per heavy atom. The fraction of sp³-hybridized carbons (Fsp3) is 1.00. The Bertz CT molecular complexity index is 299. The molecule has 0 unspecified atom stereocenters. The van der Waals surface area contributed by atoms with Crippen LogP contribution in [0.4, 0.5) is 0 Å². The van der Waals surface area contributed by atoms with Crippen molar-refractivity contribution >= 4 is 7.12 Å². The van der Waals surface area contributed by atoms with Crippen molar-refractivity contribution < 1.29 is 9.31 Å². The molecule has 4 rings (SSSR count). The summed E-state index contributed by atoms with van der Waals surface area (Å²) in [5.41, 5.74) is 0.350. The highest BCUT2D eigenvalue weighted by Crippen LogP contribution is 2.81. The van der Waals surface area contributed by atoms with Gasteiger partial charge in [0, 0.05) is 5.31 Å². The van der Waals surface area contributed by atoms with E-state index >= 15 is 0 Å². The molecule has 16 heavy (non-hydrogen) atoms. The second kappa shape index (κ2) is 2.69. The molecule has 4 fully saturated rings. The summed E-state index contributed by atoms with van der Waals surface area (Å²) in [4.78, 5) is 0. The van der Waals surface area contributed by atoms with Crippen LogP contribution in [-0.4, -0.2) is 18.3 Å². The topological polar surface area (TPSA) is 18.5 Å². The van der Waals surface area contributed by atoms with Crippen molar-refractivity contribution in [2.45, 2.75) is 76.8 Å². The van der Waals surface area contributed by atoms with Crippen LogP contribution >= 0.6 is 0 Å². The molecular weight excluding hydrogens is 199 g/mol. The Morgan fingerprint density at radius 2 is 1.38 bits per heavy atom. The lowest BCUT2D eigenvalue weighted by Crippen LogP contribution is -2.63. The monoisotopic (exact) mass is 222 g/mol. The average molecular weight is 222 g/mol. The molecule has 1 saturated heterocycles. The first-order valence-corrected chi connectivity index (χ1v) is 6.60. The van der Waals surface area contributed by atoms with E-state index < -0.39 is 0 Å². The Morgan fingerprint density at radius 3 is 1.75 bits per heavy atom. The fourth-order valence-electron chi connectivity index (χ4n) is 3.80. The summed E-state index contributed by atoms with van der Waals surface area (Å²) in [6.45, 7) is 10.9. The Balaban J connectivity index is 1.73. The van der Waals surface area contributed by atoms with Crippen molar-refractivity contribution in [1.29, 1.82) is 0 Å². The molecule has 0 aromatic rings. The highest BCUT2D eigenvalue weighted by Gasteiger charge is 2.75. The highest BCUT2D eigenvalue weighted by molar-refractivity contribution is 6.51. The SMILES string of the molecule is CCC12CC(B3OC(C)(C)C(C)(C)O3)(C1)C2. The van der Waals surface area contributed by atoms with Gasteiger partial charge < -0.3 is 9.31 Å². The van der Waals surface area contributed by atoms with Crippen LogP contribution in [-0.2, 0) is 9.31 Å². The predicted octanol–water partition coefficient (Wildman–Crippen LogP) is 3.41. The van der Waals surface area contributed by atoms with Gasteiger partial charge in [-0.25, -0.2) is 0 Å². The summed E-state index contributed by atoms with van der Waals surface area (Å²) >= 11 is 0. The fourth-order valence-corrected chi connectivity index (χ4v) is 3.80. The van der Waals surface area contributed by atoms with Crippen molar-refractivity contribution in [2.24, 2.45) is 5.41 Å². The second-order valence-electron chi connectivity index (χ2n) is 7.33. The molecule has 1 heterocycles. The van der Waals surface area contributed by atoms with Crippen LogP contribution in [0.25, 0.3) is 0 Å². The van der Waals surface area contributed by atoms with E-state index in [2.05, 4.69) is 34.6 Å². The molecule has 2 bridgehead atoms. The van der Waals surface area contributed by atoms with Gasteiger partial charge in [-0.15, -0.1) is 0 Å². The second-order valence-corrected chi connectivity index (χ2v) is 7.33.